The van der Waals surface area contributed by atoms with Crippen molar-refractivity contribution in [1.29, 1.82) is 0 Å². The van der Waals surface area contributed by atoms with Crippen molar-refractivity contribution >= 4 is 27.4 Å². The Morgan fingerprint density at radius 2 is 2.06 bits per heavy atom. The second kappa shape index (κ2) is 9.23. The number of oxime groups is 1. The lowest BCUT2D eigenvalue weighted by Crippen LogP contribution is -2.58. The number of allylic oxidation sites excluding steroid dienone is 4. The highest BCUT2D eigenvalue weighted by molar-refractivity contribution is 9.10. The van der Waals surface area contributed by atoms with Crippen LogP contribution in [0.15, 0.2) is 57.7 Å². The fourth-order valence-electron chi connectivity index (χ4n) is 8.72. The minimum Gasteiger partial charge on any atom is -0.393 e. The van der Waals surface area contributed by atoms with Gasteiger partial charge in [0, 0.05) is 27.6 Å². The zero-order valence-corrected chi connectivity index (χ0v) is 23.8. The third-order valence-electron chi connectivity index (χ3n) is 10.9. The number of benzene rings is 1. The predicted octanol–water partition coefficient (Wildman–Crippen LogP) is 7.26. The number of hydrogen-bond donors (Lipinski definition) is 1. The van der Waals surface area contributed by atoms with Gasteiger partial charge in [-0.15, -0.1) is 0 Å². The van der Waals surface area contributed by atoms with Crippen molar-refractivity contribution in [2.75, 3.05) is 0 Å². The summed E-state index contributed by atoms with van der Waals surface area (Å²) in [6, 6.07) is 8.06. The summed E-state index contributed by atoms with van der Waals surface area (Å²) in [5.74, 6) is 1.78. The number of fused-ring (bicyclic) bond motifs is 5. The summed E-state index contributed by atoms with van der Waals surface area (Å²) in [7, 11) is 0. The van der Waals surface area contributed by atoms with Crippen LogP contribution in [0.5, 0.6) is 0 Å². The molecule has 194 valence electrons. The van der Waals surface area contributed by atoms with Crippen LogP contribution in [-0.2, 0) is 16.2 Å². The van der Waals surface area contributed by atoms with Crippen molar-refractivity contribution in [3.8, 4) is 0 Å². The Labute approximate surface area is 224 Å². The summed E-state index contributed by atoms with van der Waals surface area (Å²) in [5.41, 5.74) is 2.55. The highest BCUT2D eigenvalue weighted by Gasteiger charge is 2.68. The molecule has 5 heteroatoms. The SMILES string of the molecule is CCC(=O)[C@@]1(C)[C@H](C)C[C@H]2[C@@H]3CCC4=C/C(=N/OCc5cccc(Br)c5)C=C[C@]4(C)[C@H]3[C@@H](O)C[C@@]21C. The fourth-order valence-corrected chi connectivity index (χ4v) is 9.17. The Morgan fingerprint density at radius 1 is 1.28 bits per heavy atom. The van der Waals surface area contributed by atoms with E-state index in [9.17, 15) is 9.90 Å². The molecule has 0 unspecified atom stereocenters. The van der Waals surface area contributed by atoms with Gasteiger partial charge in [0.15, 0.2) is 0 Å². The molecule has 1 aromatic carbocycles. The summed E-state index contributed by atoms with van der Waals surface area (Å²) in [6.07, 6.45) is 10.5. The second-order valence-corrected chi connectivity index (χ2v) is 13.3. The minimum absolute atomic E-state index is 0.150. The van der Waals surface area contributed by atoms with Gasteiger partial charge in [-0.05, 0) is 78.7 Å². The van der Waals surface area contributed by atoms with Gasteiger partial charge in [0.2, 0.25) is 0 Å². The van der Waals surface area contributed by atoms with Gasteiger partial charge < -0.3 is 9.94 Å². The van der Waals surface area contributed by atoms with Crippen LogP contribution in [-0.4, -0.2) is 22.7 Å². The second-order valence-electron chi connectivity index (χ2n) is 12.3. The molecular weight excluding hydrogens is 514 g/mol. The Kier molecular flexibility index (Phi) is 6.65. The van der Waals surface area contributed by atoms with Crippen LogP contribution in [0.25, 0.3) is 0 Å². The molecule has 4 nitrogen and oxygen atoms in total. The minimum atomic E-state index is -0.421. The molecule has 0 aromatic heterocycles. The van der Waals surface area contributed by atoms with E-state index in [1.807, 2.05) is 31.2 Å². The van der Waals surface area contributed by atoms with Crippen molar-refractivity contribution in [3.05, 3.63) is 58.1 Å². The first-order valence-corrected chi connectivity index (χ1v) is 14.4. The molecule has 0 heterocycles. The van der Waals surface area contributed by atoms with Crippen LogP contribution in [0.1, 0.15) is 72.3 Å². The highest BCUT2D eigenvalue weighted by Crippen LogP contribution is 2.71. The molecule has 0 radical (unpaired) electrons. The molecule has 36 heavy (non-hydrogen) atoms. The fraction of sp³-hybridized carbons (Fsp3) is 0.613. The summed E-state index contributed by atoms with van der Waals surface area (Å²) < 4.78 is 1.03. The largest absolute Gasteiger partial charge is 0.393 e. The van der Waals surface area contributed by atoms with Gasteiger partial charge in [0.1, 0.15) is 18.1 Å². The molecular formula is C31H40BrNO3. The Hall–Kier alpha value is -1.72. The van der Waals surface area contributed by atoms with Crippen molar-refractivity contribution in [2.45, 2.75) is 79.4 Å². The first-order valence-electron chi connectivity index (χ1n) is 13.6. The molecule has 4 aliphatic rings. The quantitative estimate of drug-likeness (QED) is 0.390. The van der Waals surface area contributed by atoms with Gasteiger partial charge in [0.05, 0.1) is 6.10 Å². The molecule has 0 bridgehead atoms. The van der Waals surface area contributed by atoms with Crippen LogP contribution < -0.4 is 0 Å². The van der Waals surface area contributed by atoms with E-state index in [2.05, 4.69) is 67.0 Å². The average molecular weight is 555 g/mol. The van der Waals surface area contributed by atoms with E-state index in [1.165, 1.54) is 5.57 Å². The van der Waals surface area contributed by atoms with E-state index in [1.54, 1.807) is 0 Å². The van der Waals surface area contributed by atoms with Crippen molar-refractivity contribution < 1.29 is 14.7 Å². The third kappa shape index (κ3) is 3.79. The van der Waals surface area contributed by atoms with E-state index < -0.39 is 6.10 Å². The van der Waals surface area contributed by atoms with Crippen LogP contribution in [0, 0.1) is 39.9 Å². The van der Waals surface area contributed by atoms with Gasteiger partial charge in [-0.1, -0.05) is 79.5 Å². The number of aliphatic hydroxyl groups is 1. The lowest BCUT2D eigenvalue weighted by Gasteiger charge is -2.60. The number of Topliss-reactive ketones (excluding diaryl/α,β-unsaturated/α-hetero) is 1. The number of aliphatic hydroxyl groups excluding tert-OH is 1. The van der Waals surface area contributed by atoms with Crippen molar-refractivity contribution in [1.82, 2.24) is 0 Å². The van der Waals surface area contributed by atoms with Crippen molar-refractivity contribution in [2.24, 2.45) is 45.1 Å². The van der Waals surface area contributed by atoms with Crippen LogP contribution in [0.2, 0.25) is 0 Å². The van der Waals surface area contributed by atoms with Gasteiger partial charge in [-0.25, -0.2) is 0 Å². The molecule has 3 fully saturated rings. The number of rotatable bonds is 5. The first-order chi connectivity index (χ1) is 17.0. The number of carbonyl (C=O) groups excluding carboxylic acids is 1. The lowest BCUT2D eigenvalue weighted by atomic mass is 9.44. The lowest BCUT2D eigenvalue weighted by molar-refractivity contribution is -0.155. The third-order valence-corrected chi connectivity index (χ3v) is 11.4. The summed E-state index contributed by atoms with van der Waals surface area (Å²) in [5, 5.41) is 16.1. The average Bonchev–Trinajstić information content (AvgIpc) is 3.04. The van der Waals surface area contributed by atoms with Gasteiger partial charge in [-0.2, -0.15) is 0 Å². The zero-order valence-electron chi connectivity index (χ0n) is 22.3. The monoisotopic (exact) mass is 553 g/mol. The number of nitrogens with zero attached hydrogens (tertiary/aromatic N) is 1. The van der Waals surface area contributed by atoms with E-state index in [0.29, 0.717) is 43.0 Å². The molecule has 1 aromatic rings. The normalized spacial score (nSPS) is 42.4. The maximum Gasteiger partial charge on any atom is 0.142 e. The Balaban J connectivity index is 1.38. The number of hydrogen-bond acceptors (Lipinski definition) is 4. The first kappa shape index (κ1) is 25.9. The van der Waals surface area contributed by atoms with E-state index in [-0.39, 0.29) is 22.2 Å². The van der Waals surface area contributed by atoms with Crippen LogP contribution in [0.3, 0.4) is 0 Å². The Bertz CT molecular complexity index is 1140. The van der Waals surface area contributed by atoms with Crippen LogP contribution in [0.4, 0.5) is 0 Å². The van der Waals surface area contributed by atoms with Crippen LogP contribution >= 0.6 is 15.9 Å². The molecule has 4 aliphatic carbocycles. The summed E-state index contributed by atoms with van der Waals surface area (Å²) >= 11 is 3.50. The molecule has 0 amide bonds. The van der Waals surface area contributed by atoms with E-state index in [4.69, 9.17) is 4.84 Å². The highest BCUT2D eigenvalue weighted by atomic mass is 79.9. The van der Waals surface area contributed by atoms with Gasteiger partial charge >= 0.3 is 0 Å². The molecule has 0 saturated heterocycles. The maximum absolute atomic E-state index is 13.3. The van der Waals surface area contributed by atoms with Gasteiger partial charge in [-0.3, -0.25) is 4.79 Å². The molecule has 0 spiro atoms. The number of halogens is 1. The Morgan fingerprint density at radius 3 is 2.78 bits per heavy atom. The van der Waals surface area contributed by atoms with Crippen molar-refractivity contribution in [3.63, 3.8) is 0 Å². The summed E-state index contributed by atoms with van der Waals surface area (Å²) in [4.78, 5) is 18.9. The topological polar surface area (TPSA) is 58.9 Å². The maximum atomic E-state index is 13.3. The predicted molar refractivity (Wildman–Crippen MR) is 147 cm³/mol. The standard InChI is InChI=1S/C31H40BrNO3/c1-6-27(35)31(5)19(2)14-25-24-11-10-21-16-23(33-36-18-20-8-7-9-22(32)15-20)12-13-29(21,3)28(24)26(34)17-30(25,31)4/h7-9,12-13,15-16,19,24-26,28,34H,6,10-11,14,17-18H2,1-5H3/b33-23+/t19-,24+,25+,26+,28-,29+,30+,31-/m1/s1. The molecule has 5 rings (SSSR count). The van der Waals surface area contributed by atoms with Gasteiger partial charge in [0.25, 0.3) is 0 Å². The zero-order chi connectivity index (χ0) is 25.9. The van der Waals surface area contributed by atoms with E-state index >= 15 is 0 Å². The smallest absolute Gasteiger partial charge is 0.142 e. The molecule has 3 saturated carbocycles. The molecule has 0 aliphatic heterocycles. The van der Waals surface area contributed by atoms with E-state index in [0.717, 1.165) is 35.0 Å². The molecule has 8 atom stereocenters. The molecule has 1 N–H and O–H groups in total. The number of carbonyl (C=O) groups is 1. The number of ketones is 1. The summed E-state index contributed by atoms with van der Waals surface area (Å²) in [6.45, 7) is 11.5.